The fourth-order valence-electron chi connectivity index (χ4n) is 3.20. The third-order valence-corrected chi connectivity index (χ3v) is 5.41. The highest BCUT2D eigenvalue weighted by Crippen LogP contribution is 2.41. The van der Waals surface area contributed by atoms with Crippen LogP contribution >= 0.6 is 0 Å². The van der Waals surface area contributed by atoms with Gasteiger partial charge in [-0.15, -0.1) is 0 Å². The monoisotopic (exact) mass is 534 g/mol. The Morgan fingerprint density at radius 3 is 1.54 bits per heavy atom. The van der Waals surface area contributed by atoms with E-state index in [2.05, 4.69) is 13.2 Å². The standard InChI is InChI=1S/C31H28F2O6/c1-17(2)28(34)37-21-12-8-19(9-13-21)23-16-24(39-30(36)31(5,6)7)25(27(33)26(23)32)20-10-14-22(15-11-20)38-29(35)18(3)4/h8-16H,1,3H2,2,4-7H3. The Balaban J connectivity index is 2.09. The summed E-state index contributed by atoms with van der Waals surface area (Å²) in [7, 11) is 0. The van der Waals surface area contributed by atoms with E-state index in [1.54, 1.807) is 20.8 Å². The van der Waals surface area contributed by atoms with Crippen molar-refractivity contribution >= 4 is 17.9 Å². The van der Waals surface area contributed by atoms with Crippen LogP contribution in [0.15, 0.2) is 78.9 Å². The first-order chi connectivity index (χ1) is 18.2. The van der Waals surface area contributed by atoms with E-state index in [0.717, 1.165) is 0 Å². The summed E-state index contributed by atoms with van der Waals surface area (Å²) in [4.78, 5) is 36.3. The van der Waals surface area contributed by atoms with Gasteiger partial charge >= 0.3 is 17.9 Å². The highest BCUT2D eigenvalue weighted by atomic mass is 19.2. The molecule has 0 spiro atoms. The van der Waals surface area contributed by atoms with Gasteiger partial charge in [0.05, 0.1) is 11.0 Å². The summed E-state index contributed by atoms with van der Waals surface area (Å²) in [5, 5.41) is 0. The molecule has 0 aliphatic carbocycles. The van der Waals surface area contributed by atoms with E-state index in [4.69, 9.17) is 14.2 Å². The zero-order valence-corrected chi connectivity index (χ0v) is 22.3. The molecule has 0 radical (unpaired) electrons. The number of hydrogen-bond acceptors (Lipinski definition) is 6. The maximum Gasteiger partial charge on any atom is 0.338 e. The molecule has 0 aliphatic heterocycles. The van der Waals surface area contributed by atoms with Crippen molar-refractivity contribution in [2.24, 2.45) is 5.41 Å². The van der Waals surface area contributed by atoms with Gasteiger partial charge in [0.15, 0.2) is 11.6 Å². The molecule has 3 aromatic carbocycles. The van der Waals surface area contributed by atoms with Crippen LogP contribution in [0, 0.1) is 17.0 Å². The Labute approximate surface area is 225 Å². The van der Waals surface area contributed by atoms with Gasteiger partial charge in [0.25, 0.3) is 0 Å². The Hall–Kier alpha value is -4.59. The summed E-state index contributed by atoms with van der Waals surface area (Å²) in [5.74, 6) is -4.17. The lowest BCUT2D eigenvalue weighted by Gasteiger charge is -2.20. The molecule has 0 fully saturated rings. The van der Waals surface area contributed by atoms with Crippen molar-refractivity contribution in [3.05, 3.63) is 90.5 Å². The maximum atomic E-state index is 15.7. The van der Waals surface area contributed by atoms with Crippen LogP contribution in [0.25, 0.3) is 22.3 Å². The van der Waals surface area contributed by atoms with Crippen LogP contribution in [0.3, 0.4) is 0 Å². The van der Waals surface area contributed by atoms with E-state index in [-0.39, 0.29) is 50.6 Å². The molecule has 0 saturated carbocycles. The van der Waals surface area contributed by atoms with Crippen LogP contribution in [0.5, 0.6) is 17.2 Å². The second kappa shape index (κ2) is 11.4. The topological polar surface area (TPSA) is 78.9 Å². The summed E-state index contributed by atoms with van der Waals surface area (Å²) in [6, 6.07) is 12.6. The summed E-state index contributed by atoms with van der Waals surface area (Å²) in [6.45, 7) is 14.9. The second-order valence-corrected chi connectivity index (χ2v) is 9.95. The fourth-order valence-corrected chi connectivity index (χ4v) is 3.20. The first-order valence-electron chi connectivity index (χ1n) is 11.9. The van der Waals surface area contributed by atoms with Crippen molar-refractivity contribution in [1.29, 1.82) is 0 Å². The largest absolute Gasteiger partial charge is 0.425 e. The molecule has 8 heteroatoms. The molecule has 6 nitrogen and oxygen atoms in total. The van der Waals surface area contributed by atoms with Gasteiger partial charge in [0.2, 0.25) is 0 Å². The molecular weight excluding hydrogens is 506 g/mol. The van der Waals surface area contributed by atoms with Crippen molar-refractivity contribution in [3.8, 4) is 39.5 Å². The van der Waals surface area contributed by atoms with Gasteiger partial charge in [-0.25, -0.2) is 18.4 Å². The number of carbonyl (C=O) groups is 3. The third kappa shape index (κ3) is 6.84. The average molecular weight is 535 g/mol. The van der Waals surface area contributed by atoms with Gasteiger partial charge in [0, 0.05) is 16.7 Å². The van der Waals surface area contributed by atoms with E-state index in [1.165, 1.54) is 68.4 Å². The molecule has 0 unspecified atom stereocenters. The third-order valence-electron chi connectivity index (χ3n) is 5.41. The van der Waals surface area contributed by atoms with Crippen molar-refractivity contribution in [1.82, 2.24) is 0 Å². The number of hydrogen-bond donors (Lipinski definition) is 0. The van der Waals surface area contributed by atoms with E-state index in [0.29, 0.717) is 0 Å². The van der Waals surface area contributed by atoms with Crippen molar-refractivity contribution < 1.29 is 37.4 Å². The Kier molecular flexibility index (Phi) is 8.49. The maximum absolute atomic E-state index is 15.7. The fraction of sp³-hybridized carbons (Fsp3) is 0.194. The normalized spacial score (nSPS) is 10.9. The van der Waals surface area contributed by atoms with Crippen molar-refractivity contribution in [2.45, 2.75) is 34.6 Å². The molecular formula is C31H28F2O6. The van der Waals surface area contributed by atoms with Crippen molar-refractivity contribution in [2.75, 3.05) is 0 Å². The molecule has 0 amide bonds. The van der Waals surface area contributed by atoms with Crippen LogP contribution in [-0.2, 0) is 14.4 Å². The number of rotatable bonds is 7. The molecule has 0 bridgehead atoms. The van der Waals surface area contributed by atoms with Gasteiger partial charge < -0.3 is 14.2 Å². The molecule has 0 atom stereocenters. The van der Waals surface area contributed by atoms with E-state index < -0.39 is 35.0 Å². The van der Waals surface area contributed by atoms with Crippen LogP contribution in [-0.4, -0.2) is 17.9 Å². The number of esters is 3. The van der Waals surface area contributed by atoms with Crippen LogP contribution < -0.4 is 14.2 Å². The number of halogens is 2. The molecule has 3 aromatic rings. The summed E-state index contributed by atoms with van der Waals surface area (Å²) in [6.07, 6.45) is 0. The molecule has 0 aromatic heterocycles. The highest BCUT2D eigenvalue weighted by Gasteiger charge is 2.28. The van der Waals surface area contributed by atoms with Crippen molar-refractivity contribution in [3.63, 3.8) is 0 Å². The Morgan fingerprint density at radius 1 is 0.692 bits per heavy atom. The number of ether oxygens (including phenoxy) is 3. The van der Waals surface area contributed by atoms with E-state index in [9.17, 15) is 14.4 Å². The summed E-state index contributed by atoms with van der Waals surface area (Å²) >= 11 is 0. The summed E-state index contributed by atoms with van der Waals surface area (Å²) < 4.78 is 47.0. The highest BCUT2D eigenvalue weighted by molar-refractivity contribution is 5.89. The van der Waals surface area contributed by atoms with Gasteiger partial charge in [-0.2, -0.15) is 0 Å². The molecule has 3 rings (SSSR count). The lowest BCUT2D eigenvalue weighted by atomic mass is 9.95. The first-order valence-corrected chi connectivity index (χ1v) is 11.9. The molecule has 202 valence electrons. The minimum Gasteiger partial charge on any atom is -0.425 e. The van der Waals surface area contributed by atoms with Gasteiger partial charge in [-0.3, -0.25) is 4.79 Å². The predicted molar refractivity (Wildman–Crippen MR) is 143 cm³/mol. The zero-order valence-electron chi connectivity index (χ0n) is 22.3. The summed E-state index contributed by atoms with van der Waals surface area (Å²) in [5.41, 5.74) is -0.541. The molecule has 0 N–H and O–H groups in total. The minimum atomic E-state index is -1.24. The SMILES string of the molecule is C=C(C)C(=O)Oc1ccc(-c2cc(OC(=O)C(C)(C)C)c(-c3ccc(OC(=O)C(=C)C)cc3)c(F)c2F)cc1. The average Bonchev–Trinajstić information content (AvgIpc) is 2.86. The predicted octanol–water partition coefficient (Wildman–Crippen LogP) is 7.21. The quantitative estimate of drug-likeness (QED) is 0.181. The lowest BCUT2D eigenvalue weighted by Crippen LogP contribution is -2.26. The van der Waals surface area contributed by atoms with Crippen LogP contribution in [0.2, 0.25) is 0 Å². The molecule has 0 saturated heterocycles. The van der Waals surface area contributed by atoms with Gasteiger partial charge in [0.1, 0.15) is 17.2 Å². The van der Waals surface area contributed by atoms with E-state index in [1.807, 2.05) is 0 Å². The first kappa shape index (κ1) is 29.0. The van der Waals surface area contributed by atoms with E-state index >= 15 is 8.78 Å². The second-order valence-electron chi connectivity index (χ2n) is 9.95. The Bertz CT molecular complexity index is 1460. The smallest absolute Gasteiger partial charge is 0.338 e. The van der Waals surface area contributed by atoms with Crippen LogP contribution in [0.4, 0.5) is 8.78 Å². The van der Waals surface area contributed by atoms with Crippen LogP contribution in [0.1, 0.15) is 34.6 Å². The minimum absolute atomic E-state index is 0.169. The molecule has 39 heavy (non-hydrogen) atoms. The molecule has 0 heterocycles. The number of benzene rings is 3. The van der Waals surface area contributed by atoms with Gasteiger partial charge in [-0.1, -0.05) is 37.4 Å². The molecule has 0 aliphatic rings. The van der Waals surface area contributed by atoms with Gasteiger partial charge in [-0.05, 0) is 76.1 Å². The zero-order chi connectivity index (χ0) is 29.1. The lowest BCUT2D eigenvalue weighted by molar-refractivity contribution is -0.143. The number of carbonyl (C=O) groups excluding carboxylic acids is 3. The Morgan fingerprint density at radius 2 is 1.13 bits per heavy atom.